The summed E-state index contributed by atoms with van der Waals surface area (Å²) in [6, 6.07) is 65.0. The molecule has 0 bridgehead atoms. The van der Waals surface area contributed by atoms with Gasteiger partial charge in [0.25, 0.3) is 0 Å². The lowest BCUT2D eigenvalue weighted by Crippen LogP contribution is -1.96. The molecule has 0 radical (unpaired) electrons. The van der Waals surface area contributed by atoms with Crippen molar-refractivity contribution in [2.75, 3.05) is 0 Å². The number of fused-ring (bicyclic) bond motifs is 7. The van der Waals surface area contributed by atoms with E-state index in [4.69, 9.17) is 9.97 Å². The van der Waals surface area contributed by atoms with Crippen molar-refractivity contribution < 1.29 is 0 Å². The molecule has 0 N–H and O–H groups in total. The van der Waals surface area contributed by atoms with E-state index in [2.05, 4.69) is 158 Å². The van der Waals surface area contributed by atoms with E-state index in [0.717, 1.165) is 39.2 Å². The predicted molar refractivity (Wildman–Crippen MR) is 217 cm³/mol. The third-order valence-electron chi connectivity index (χ3n) is 9.84. The first-order valence-corrected chi connectivity index (χ1v) is 18.1. The van der Waals surface area contributed by atoms with Gasteiger partial charge in [0.15, 0.2) is 5.82 Å². The molecule has 0 fully saturated rings. The Balaban J connectivity index is 1.30. The molecule has 0 saturated heterocycles. The van der Waals surface area contributed by atoms with Crippen LogP contribution < -0.4 is 0 Å². The average molecular weight is 667 g/mol. The maximum absolute atomic E-state index is 5.25. The molecular weight excluding hydrogens is 637 g/mol. The Labute approximate surface area is 300 Å². The Morgan fingerprint density at radius 3 is 1.71 bits per heavy atom. The van der Waals surface area contributed by atoms with E-state index in [1.165, 1.54) is 52.8 Å². The largest absolute Gasteiger partial charge is 0.228 e. The van der Waals surface area contributed by atoms with Gasteiger partial charge in [0.05, 0.1) is 11.4 Å². The van der Waals surface area contributed by atoms with Crippen molar-refractivity contribution in [1.82, 2.24) is 9.97 Å². The van der Waals surface area contributed by atoms with Gasteiger partial charge in [-0.25, -0.2) is 9.97 Å². The molecule has 0 aliphatic carbocycles. The minimum atomic E-state index is 0.710. The molecular formula is C48H30N2S. The van der Waals surface area contributed by atoms with Gasteiger partial charge in [0.1, 0.15) is 0 Å². The Hall–Kier alpha value is -6.42. The number of nitrogens with zero attached hydrogens (tertiary/aromatic N) is 2. The predicted octanol–water partition coefficient (Wildman–Crippen LogP) is 13.5. The van der Waals surface area contributed by atoms with E-state index in [9.17, 15) is 0 Å². The summed E-state index contributed by atoms with van der Waals surface area (Å²) in [5.41, 5.74) is 9.59. The van der Waals surface area contributed by atoms with E-state index in [-0.39, 0.29) is 0 Å². The van der Waals surface area contributed by atoms with Gasteiger partial charge < -0.3 is 0 Å². The zero-order valence-electron chi connectivity index (χ0n) is 27.6. The molecule has 0 saturated carbocycles. The first kappa shape index (κ1) is 29.5. The molecule has 2 heterocycles. The third kappa shape index (κ3) is 5.18. The number of thiophene rings is 1. The fourth-order valence-corrected chi connectivity index (χ4v) is 8.65. The van der Waals surface area contributed by atoms with E-state index in [1.807, 2.05) is 35.6 Å². The summed E-state index contributed by atoms with van der Waals surface area (Å²) >= 11 is 1.89. The molecule has 2 nitrogen and oxygen atoms in total. The molecule has 0 aliphatic rings. The van der Waals surface area contributed by atoms with Crippen LogP contribution in [0.1, 0.15) is 0 Å². The Bertz CT molecular complexity index is 2840. The molecule has 8 aromatic carbocycles. The summed E-state index contributed by atoms with van der Waals surface area (Å²) in [5.74, 6) is 0.710. The summed E-state index contributed by atoms with van der Waals surface area (Å²) in [6.07, 6.45) is 0. The highest BCUT2D eigenvalue weighted by molar-refractivity contribution is 7.26. The zero-order valence-corrected chi connectivity index (χ0v) is 28.4. The number of hydrogen-bond donors (Lipinski definition) is 0. The quantitative estimate of drug-likeness (QED) is 0.171. The molecule has 0 atom stereocenters. The highest BCUT2D eigenvalue weighted by atomic mass is 32.1. The lowest BCUT2D eigenvalue weighted by Gasteiger charge is -2.15. The van der Waals surface area contributed by atoms with E-state index in [0.29, 0.717) is 5.82 Å². The van der Waals surface area contributed by atoms with Crippen molar-refractivity contribution in [2.24, 2.45) is 0 Å². The second-order valence-corrected chi connectivity index (χ2v) is 14.0. The molecule has 0 unspecified atom stereocenters. The van der Waals surface area contributed by atoms with Crippen molar-refractivity contribution in [3.63, 3.8) is 0 Å². The standard InChI is InChI=1S/C48H30N2S/c1-4-14-31(15-5-1)35-26-36(28-37(27-35)44-30-43(33-17-6-2-7-18-33)49-48(50-44)34-19-8-3-9-20-34)41-29-42-38-21-11-10-16-32(38)24-25-39(42)47-46(41)40-22-12-13-23-45(40)51-47/h1-30H. The topological polar surface area (TPSA) is 25.8 Å². The summed E-state index contributed by atoms with van der Waals surface area (Å²) in [6.45, 7) is 0. The molecule has 238 valence electrons. The van der Waals surface area contributed by atoms with Gasteiger partial charge in [-0.15, -0.1) is 11.3 Å². The molecule has 10 aromatic rings. The van der Waals surface area contributed by atoms with Crippen LogP contribution in [-0.4, -0.2) is 9.97 Å². The second kappa shape index (κ2) is 12.2. The number of aromatic nitrogens is 2. The maximum Gasteiger partial charge on any atom is 0.160 e. The first-order chi connectivity index (χ1) is 25.3. The Morgan fingerprint density at radius 2 is 0.941 bits per heavy atom. The van der Waals surface area contributed by atoms with E-state index < -0.39 is 0 Å². The normalized spacial score (nSPS) is 11.5. The van der Waals surface area contributed by atoms with Gasteiger partial charge in [-0.3, -0.25) is 0 Å². The smallest absolute Gasteiger partial charge is 0.160 e. The third-order valence-corrected chi connectivity index (χ3v) is 11.0. The summed E-state index contributed by atoms with van der Waals surface area (Å²) in [5, 5.41) is 7.67. The van der Waals surface area contributed by atoms with Crippen LogP contribution >= 0.6 is 11.3 Å². The SMILES string of the molecule is c1ccc(-c2cc(-c3cc(-c4ccccc4)nc(-c4ccccc4)n3)cc(-c3cc4c5ccccc5ccc4c4sc5ccccc5c34)c2)cc1. The minimum absolute atomic E-state index is 0.710. The van der Waals surface area contributed by atoms with E-state index >= 15 is 0 Å². The van der Waals surface area contributed by atoms with Crippen LogP contribution in [0.15, 0.2) is 182 Å². The summed E-state index contributed by atoms with van der Waals surface area (Å²) < 4.78 is 2.62. The lowest BCUT2D eigenvalue weighted by atomic mass is 9.90. The van der Waals surface area contributed by atoms with Gasteiger partial charge in [0.2, 0.25) is 0 Å². The van der Waals surface area contributed by atoms with Crippen LogP contribution in [0, 0.1) is 0 Å². The second-order valence-electron chi connectivity index (χ2n) is 13.0. The van der Waals surface area contributed by atoms with Crippen LogP contribution in [0.25, 0.3) is 97.9 Å². The van der Waals surface area contributed by atoms with Crippen molar-refractivity contribution in [3.8, 4) is 56.2 Å². The maximum atomic E-state index is 5.25. The fourth-order valence-electron chi connectivity index (χ4n) is 7.39. The van der Waals surface area contributed by atoms with Crippen LogP contribution in [0.2, 0.25) is 0 Å². The van der Waals surface area contributed by atoms with Crippen molar-refractivity contribution in [1.29, 1.82) is 0 Å². The van der Waals surface area contributed by atoms with Crippen molar-refractivity contribution in [2.45, 2.75) is 0 Å². The highest BCUT2D eigenvalue weighted by Gasteiger charge is 2.19. The van der Waals surface area contributed by atoms with E-state index in [1.54, 1.807) is 0 Å². The summed E-state index contributed by atoms with van der Waals surface area (Å²) in [7, 11) is 0. The number of rotatable bonds is 5. The van der Waals surface area contributed by atoms with Crippen LogP contribution in [0.4, 0.5) is 0 Å². The van der Waals surface area contributed by atoms with Crippen LogP contribution in [0.5, 0.6) is 0 Å². The molecule has 0 aliphatic heterocycles. The monoisotopic (exact) mass is 666 g/mol. The molecule has 51 heavy (non-hydrogen) atoms. The van der Waals surface area contributed by atoms with Crippen molar-refractivity contribution >= 4 is 53.1 Å². The Morgan fingerprint density at radius 1 is 0.353 bits per heavy atom. The highest BCUT2D eigenvalue weighted by Crippen LogP contribution is 2.47. The number of hydrogen-bond acceptors (Lipinski definition) is 3. The molecule has 0 spiro atoms. The van der Waals surface area contributed by atoms with Gasteiger partial charge in [0, 0.05) is 42.2 Å². The average Bonchev–Trinajstić information content (AvgIpc) is 3.61. The van der Waals surface area contributed by atoms with Gasteiger partial charge >= 0.3 is 0 Å². The van der Waals surface area contributed by atoms with Crippen LogP contribution in [-0.2, 0) is 0 Å². The Kier molecular flexibility index (Phi) is 7.04. The first-order valence-electron chi connectivity index (χ1n) is 17.2. The molecule has 0 amide bonds. The number of benzene rings is 8. The lowest BCUT2D eigenvalue weighted by molar-refractivity contribution is 1.18. The molecule has 3 heteroatoms. The minimum Gasteiger partial charge on any atom is -0.228 e. The van der Waals surface area contributed by atoms with Crippen molar-refractivity contribution in [3.05, 3.63) is 182 Å². The molecule has 10 rings (SSSR count). The van der Waals surface area contributed by atoms with Gasteiger partial charge in [-0.2, -0.15) is 0 Å². The fraction of sp³-hybridized carbons (Fsp3) is 0. The van der Waals surface area contributed by atoms with Crippen LogP contribution in [0.3, 0.4) is 0 Å². The zero-order chi connectivity index (χ0) is 33.7. The van der Waals surface area contributed by atoms with Gasteiger partial charge in [-0.1, -0.05) is 146 Å². The molecule has 2 aromatic heterocycles. The summed E-state index contributed by atoms with van der Waals surface area (Å²) in [4.78, 5) is 10.3. The van der Waals surface area contributed by atoms with Gasteiger partial charge in [-0.05, 0) is 74.8 Å².